The number of nitrogens with zero attached hydrogens (tertiary/aromatic N) is 1. The van der Waals surface area contributed by atoms with Crippen molar-refractivity contribution in [2.24, 2.45) is 5.92 Å². The van der Waals surface area contributed by atoms with Gasteiger partial charge in [0.25, 0.3) is 0 Å². The fourth-order valence-corrected chi connectivity index (χ4v) is 2.35. The van der Waals surface area contributed by atoms with Gasteiger partial charge in [-0.05, 0) is 0 Å². The van der Waals surface area contributed by atoms with E-state index in [0.29, 0.717) is 0 Å². The molecule has 9 heteroatoms. The summed E-state index contributed by atoms with van der Waals surface area (Å²) < 4.78 is 5.27. The van der Waals surface area contributed by atoms with E-state index in [-0.39, 0.29) is 19.6 Å². The monoisotopic (exact) mass is 314 g/mol. The quantitative estimate of drug-likeness (QED) is 0.349. The van der Waals surface area contributed by atoms with Gasteiger partial charge in [-0.15, -0.1) is 5.92 Å². The number of rotatable bonds is 3. The van der Waals surface area contributed by atoms with E-state index >= 15 is 0 Å². The highest BCUT2D eigenvalue weighted by molar-refractivity contribution is 5.99. The maximum absolute atomic E-state index is 11.9. The predicted octanol–water partition coefficient (Wildman–Crippen LogP) is -3.02. The molecule has 5 atom stereocenters. The van der Waals surface area contributed by atoms with Gasteiger partial charge in [0.05, 0.1) is 13.2 Å². The molecule has 9 nitrogen and oxygen atoms in total. The van der Waals surface area contributed by atoms with E-state index in [4.69, 9.17) is 14.9 Å². The summed E-state index contributed by atoms with van der Waals surface area (Å²) in [5, 5.41) is 39.5. The van der Waals surface area contributed by atoms with Crippen LogP contribution in [-0.4, -0.2) is 81.6 Å². The molecular weight excluding hydrogens is 296 g/mol. The highest BCUT2D eigenvalue weighted by Crippen LogP contribution is 2.26. The van der Waals surface area contributed by atoms with E-state index in [1.165, 1.54) is 0 Å². The van der Waals surface area contributed by atoms with Crippen molar-refractivity contribution in [3.63, 3.8) is 0 Å². The van der Waals surface area contributed by atoms with Gasteiger partial charge in [-0.25, -0.2) is 4.79 Å². The lowest BCUT2D eigenvalue weighted by Crippen LogP contribution is -2.59. The summed E-state index contributed by atoms with van der Waals surface area (Å²) >= 11 is 0. The zero-order chi connectivity index (χ0) is 16.3. The first-order chi connectivity index (χ1) is 10.5. The van der Waals surface area contributed by atoms with Crippen LogP contribution in [0, 0.1) is 17.8 Å². The second-order valence-electron chi connectivity index (χ2n) is 5.02. The number of nitrogens with one attached hydrogen (secondary N) is 1. The average Bonchev–Trinajstić information content (AvgIpc) is 2.77. The minimum atomic E-state index is -1.40. The third kappa shape index (κ3) is 3.21. The highest BCUT2D eigenvalue weighted by atomic mass is 16.6. The van der Waals surface area contributed by atoms with Crippen LogP contribution in [0.5, 0.6) is 0 Å². The SMILES string of the molecule is O=C1NC(=O)N([C@@H]2O[C@H](CO)[C@@H](O)[C@H]2O)CC1C#CCCO. The largest absolute Gasteiger partial charge is 0.395 e. The van der Waals surface area contributed by atoms with Gasteiger partial charge in [-0.1, -0.05) is 5.92 Å². The van der Waals surface area contributed by atoms with Gasteiger partial charge in [0.15, 0.2) is 6.23 Å². The van der Waals surface area contributed by atoms with E-state index in [9.17, 15) is 19.8 Å². The lowest BCUT2D eigenvalue weighted by Gasteiger charge is -2.35. The van der Waals surface area contributed by atoms with E-state index in [0.717, 1.165) is 4.90 Å². The lowest BCUT2D eigenvalue weighted by atomic mass is 10.0. The molecule has 1 unspecified atom stereocenters. The van der Waals surface area contributed by atoms with Crippen molar-refractivity contribution >= 4 is 11.9 Å². The molecule has 0 aromatic heterocycles. The topological polar surface area (TPSA) is 140 Å². The minimum Gasteiger partial charge on any atom is -0.395 e. The molecule has 0 bridgehead atoms. The number of carbonyl (C=O) groups excluding carboxylic acids is 2. The van der Waals surface area contributed by atoms with Gasteiger partial charge in [0.1, 0.15) is 24.2 Å². The number of carbonyl (C=O) groups is 2. The first-order valence-corrected chi connectivity index (χ1v) is 6.82. The Labute approximate surface area is 126 Å². The molecule has 122 valence electrons. The number of aliphatic hydroxyl groups excluding tert-OH is 4. The molecule has 2 fully saturated rings. The molecule has 5 N–H and O–H groups in total. The molecule has 2 aliphatic heterocycles. The minimum absolute atomic E-state index is 0.115. The Balaban J connectivity index is 2.12. The molecule has 0 radical (unpaired) electrons. The molecule has 0 spiro atoms. The zero-order valence-corrected chi connectivity index (χ0v) is 11.7. The number of ether oxygens (including phenoxy) is 1. The molecule has 0 aromatic carbocycles. The Morgan fingerprint density at radius 1 is 1.27 bits per heavy atom. The maximum atomic E-state index is 11.9. The summed E-state index contributed by atoms with van der Waals surface area (Å²) in [5.41, 5.74) is 0. The molecular formula is C13H18N2O7. The fraction of sp³-hybridized carbons (Fsp3) is 0.692. The maximum Gasteiger partial charge on any atom is 0.326 e. The van der Waals surface area contributed by atoms with Crippen LogP contribution in [0.1, 0.15) is 6.42 Å². The van der Waals surface area contributed by atoms with Crippen LogP contribution in [0.2, 0.25) is 0 Å². The number of hydrogen-bond donors (Lipinski definition) is 5. The average molecular weight is 314 g/mol. The van der Waals surface area contributed by atoms with Crippen molar-refractivity contribution < 1.29 is 34.8 Å². The molecule has 0 aliphatic carbocycles. The van der Waals surface area contributed by atoms with Crippen molar-refractivity contribution in [3.8, 4) is 11.8 Å². The zero-order valence-electron chi connectivity index (χ0n) is 11.7. The van der Waals surface area contributed by atoms with Crippen LogP contribution in [0.15, 0.2) is 0 Å². The standard InChI is InChI=1S/C13H18N2O7/c16-4-2-1-3-7-5-15(13(21)14-11(7)20)12-10(19)9(18)8(6-17)22-12/h7-10,12,16-19H,2,4-6H2,(H,14,20,21)/t7?,8-,9-,10-,12-/m1/s1. The molecule has 3 amide bonds. The van der Waals surface area contributed by atoms with Crippen molar-refractivity contribution in [3.05, 3.63) is 0 Å². The molecule has 2 heterocycles. The number of aliphatic hydroxyl groups is 4. The number of amides is 3. The summed E-state index contributed by atoms with van der Waals surface area (Å²) in [6, 6.07) is -0.764. The van der Waals surface area contributed by atoms with E-state index < -0.39 is 49.0 Å². The van der Waals surface area contributed by atoms with Crippen molar-refractivity contribution in [2.75, 3.05) is 19.8 Å². The summed E-state index contributed by atoms with van der Waals surface area (Å²) in [7, 11) is 0. The van der Waals surface area contributed by atoms with Gasteiger partial charge in [-0.2, -0.15) is 0 Å². The molecule has 0 aromatic rings. The highest BCUT2D eigenvalue weighted by Gasteiger charge is 2.48. The Bertz CT molecular complexity index is 500. The van der Waals surface area contributed by atoms with E-state index in [1.807, 2.05) is 0 Å². The molecule has 2 rings (SSSR count). The van der Waals surface area contributed by atoms with Crippen LogP contribution in [-0.2, 0) is 9.53 Å². The van der Waals surface area contributed by atoms with Crippen LogP contribution >= 0.6 is 0 Å². The summed E-state index contributed by atoms with van der Waals surface area (Å²) in [5.74, 6) is 3.84. The third-order valence-electron chi connectivity index (χ3n) is 3.52. The lowest BCUT2D eigenvalue weighted by molar-refractivity contribution is -0.129. The number of imide groups is 1. The third-order valence-corrected chi connectivity index (χ3v) is 3.52. The van der Waals surface area contributed by atoms with Crippen LogP contribution in [0.3, 0.4) is 0 Å². The van der Waals surface area contributed by atoms with Crippen molar-refractivity contribution in [2.45, 2.75) is 31.0 Å². The van der Waals surface area contributed by atoms with Crippen LogP contribution in [0.25, 0.3) is 0 Å². The van der Waals surface area contributed by atoms with Gasteiger partial charge in [-0.3, -0.25) is 15.0 Å². The van der Waals surface area contributed by atoms with Crippen LogP contribution < -0.4 is 5.32 Å². The second-order valence-corrected chi connectivity index (χ2v) is 5.02. The second kappa shape index (κ2) is 7.04. The molecule has 0 saturated carbocycles. The molecule has 22 heavy (non-hydrogen) atoms. The number of urea groups is 1. The molecule has 2 saturated heterocycles. The van der Waals surface area contributed by atoms with Gasteiger partial charge >= 0.3 is 6.03 Å². The number of hydrogen-bond acceptors (Lipinski definition) is 7. The van der Waals surface area contributed by atoms with Crippen LogP contribution in [0.4, 0.5) is 4.79 Å². The Morgan fingerprint density at radius 3 is 2.59 bits per heavy atom. The predicted molar refractivity (Wildman–Crippen MR) is 71.0 cm³/mol. The fourth-order valence-electron chi connectivity index (χ4n) is 2.35. The first-order valence-electron chi connectivity index (χ1n) is 6.82. The smallest absolute Gasteiger partial charge is 0.326 e. The van der Waals surface area contributed by atoms with E-state index in [1.54, 1.807) is 0 Å². The Kier molecular flexibility index (Phi) is 5.33. The van der Waals surface area contributed by atoms with Crippen molar-refractivity contribution in [1.82, 2.24) is 10.2 Å². The van der Waals surface area contributed by atoms with Crippen molar-refractivity contribution in [1.29, 1.82) is 0 Å². The normalized spacial score (nSPS) is 35.1. The Morgan fingerprint density at radius 2 is 2.00 bits per heavy atom. The van der Waals surface area contributed by atoms with Gasteiger partial charge < -0.3 is 25.2 Å². The summed E-state index contributed by atoms with van der Waals surface area (Å²) in [4.78, 5) is 24.7. The summed E-state index contributed by atoms with van der Waals surface area (Å²) in [6.07, 6.45) is -4.72. The van der Waals surface area contributed by atoms with Gasteiger partial charge in [0.2, 0.25) is 5.91 Å². The summed E-state index contributed by atoms with van der Waals surface area (Å²) in [6.45, 7) is -0.767. The van der Waals surface area contributed by atoms with Gasteiger partial charge in [0, 0.05) is 13.0 Å². The Hall–Kier alpha value is -1.70. The first kappa shape index (κ1) is 16.7. The molecule has 2 aliphatic rings. The van der Waals surface area contributed by atoms with E-state index in [2.05, 4.69) is 17.2 Å².